The van der Waals surface area contributed by atoms with E-state index >= 15 is 0 Å². The van der Waals surface area contributed by atoms with E-state index in [1.165, 1.54) is 5.56 Å². The molecule has 0 bridgehead atoms. The van der Waals surface area contributed by atoms with Crippen LogP contribution in [0.3, 0.4) is 0 Å². The van der Waals surface area contributed by atoms with Gasteiger partial charge in [0.15, 0.2) is 5.96 Å². The third kappa shape index (κ3) is 3.19. The molecule has 2 rings (SSSR count). The van der Waals surface area contributed by atoms with Crippen LogP contribution in [0.15, 0.2) is 29.3 Å². The van der Waals surface area contributed by atoms with Gasteiger partial charge < -0.3 is 15.4 Å². The van der Waals surface area contributed by atoms with E-state index in [0.29, 0.717) is 5.96 Å². The number of ether oxygens (including phenoxy) is 1. The molecule has 0 aromatic heterocycles. The normalized spacial score (nSPS) is 18.5. The largest absolute Gasteiger partial charge is 0.494 e. The highest BCUT2D eigenvalue weighted by molar-refractivity contribution is 5.80. The molecule has 4 heteroatoms. The van der Waals surface area contributed by atoms with E-state index < -0.39 is 0 Å². The fourth-order valence-electron chi connectivity index (χ4n) is 2.36. The van der Waals surface area contributed by atoms with Crippen molar-refractivity contribution in [2.75, 3.05) is 19.7 Å². The van der Waals surface area contributed by atoms with E-state index in [1.54, 1.807) is 0 Å². The van der Waals surface area contributed by atoms with Gasteiger partial charge in [0.25, 0.3) is 0 Å². The van der Waals surface area contributed by atoms with Crippen molar-refractivity contribution in [3.63, 3.8) is 0 Å². The van der Waals surface area contributed by atoms with Crippen molar-refractivity contribution in [3.05, 3.63) is 29.8 Å². The lowest BCUT2D eigenvalue weighted by molar-refractivity contribution is 0.314. The molecule has 104 valence electrons. The molecule has 0 radical (unpaired) electrons. The molecule has 1 atom stereocenters. The highest BCUT2D eigenvalue weighted by Gasteiger charge is 2.26. The number of hydrogen-bond acceptors (Lipinski definition) is 4. The van der Waals surface area contributed by atoms with Crippen LogP contribution in [0, 0.1) is 0 Å². The molecule has 0 saturated carbocycles. The predicted molar refractivity (Wildman–Crippen MR) is 78.5 cm³/mol. The number of aliphatic imine (C=N–C) groups is 1. The fourth-order valence-corrected chi connectivity index (χ4v) is 2.36. The van der Waals surface area contributed by atoms with Crippen LogP contribution >= 0.6 is 0 Å². The number of nitrogens with zero attached hydrogens (tertiary/aromatic N) is 2. The van der Waals surface area contributed by atoms with Gasteiger partial charge in [0.1, 0.15) is 5.75 Å². The second kappa shape index (κ2) is 6.45. The van der Waals surface area contributed by atoms with Crippen molar-refractivity contribution in [2.45, 2.75) is 32.7 Å². The molecule has 0 saturated heterocycles. The van der Waals surface area contributed by atoms with Gasteiger partial charge in [-0.05, 0) is 30.5 Å². The zero-order valence-corrected chi connectivity index (χ0v) is 11.8. The third-order valence-electron chi connectivity index (χ3n) is 3.28. The van der Waals surface area contributed by atoms with Gasteiger partial charge in [0.2, 0.25) is 0 Å². The molecule has 4 nitrogen and oxygen atoms in total. The molecule has 1 aliphatic heterocycles. The second-order valence-corrected chi connectivity index (χ2v) is 4.83. The maximum atomic E-state index is 5.96. The van der Waals surface area contributed by atoms with Crippen LogP contribution in [-0.4, -0.2) is 30.6 Å². The number of hydrogen-bond donors (Lipinski definition) is 1. The summed E-state index contributed by atoms with van der Waals surface area (Å²) >= 11 is 0. The van der Waals surface area contributed by atoms with Crippen LogP contribution in [0.4, 0.5) is 0 Å². The Bertz CT molecular complexity index is 445. The van der Waals surface area contributed by atoms with Crippen LogP contribution in [0.25, 0.3) is 0 Å². The minimum atomic E-state index is 0.255. The van der Waals surface area contributed by atoms with Gasteiger partial charge in [0, 0.05) is 6.54 Å². The summed E-state index contributed by atoms with van der Waals surface area (Å²) in [4.78, 5) is 6.54. The molecule has 0 aliphatic carbocycles. The first-order valence-electron chi connectivity index (χ1n) is 7.05. The smallest absolute Gasteiger partial charge is 0.191 e. The first-order valence-corrected chi connectivity index (χ1v) is 7.05. The zero-order chi connectivity index (χ0) is 13.7. The molecule has 19 heavy (non-hydrogen) atoms. The third-order valence-corrected chi connectivity index (χ3v) is 3.28. The Labute approximate surface area is 115 Å². The highest BCUT2D eigenvalue weighted by Crippen LogP contribution is 2.28. The lowest BCUT2D eigenvalue weighted by atomic mass is 10.1. The summed E-state index contributed by atoms with van der Waals surface area (Å²) in [5, 5.41) is 0. The zero-order valence-electron chi connectivity index (χ0n) is 11.8. The first-order chi connectivity index (χ1) is 9.26. The minimum absolute atomic E-state index is 0.255. The van der Waals surface area contributed by atoms with Crippen molar-refractivity contribution >= 4 is 5.96 Å². The van der Waals surface area contributed by atoms with Gasteiger partial charge in [-0.2, -0.15) is 0 Å². The summed E-state index contributed by atoms with van der Waals surface area (Å²) in [6.07, 6.45) is 2.09. The maximum Gasteiger partial charge on any atom is 0.191 e. The summed E-state index contributed by atoms with van der Waals surface area (Å²) in [6, 6.07) is 8.53. The van der Waals surface area contributed by atoms with E-state index in [2.05, 4.69) is 35.9 Å². The van der Waals surface area contributed by atoms with Crippen molar-refractivity contribution < 1.29 is 4.74 Å². The van der Waals surface area contributed by atoms with Crippen molar-refractivity contribution in [2.24, 2.45) is 10.7 Å². The van der Waals surface area contributed by atoms with Gasteiger partial charge in [0.05, 0.1) is 19.2 Å². The number of rotatable bonds is 6. The fraction of sp³-hybridized carbons (Fsp3) is 0.533. The topological polar surface area (TPSA) is 50.9 Å². The average Bonchev–Trinajstić information content (AvgIpc) is 2.79. The summed E-state index contributed by atoms with van der Waals surface area (Å²) in [7, 11) is 0. The minimum Gasteiger partial charge on any atom is -0.494 e. The van der Waals surface area contributed by atoms with Gasteiger partial charge in [-0.3, -0.25) is 4.99 Å². The Hall–Kier alpha value is -1.71. The van der Waals surface area contributed by atoms with Crippen LogP contribution in [0.1, 0.15) is 38.3 Å². The van der Waals surface area contributed by atoms with Crippen LogP contribution in [0.2, 0.25) is 0 Å². The Kier molecular flexibility index (Phi) is 4.66. The van der Waals surface area contributed by atoms with E-state index in [-0.39, 0.29) is 6.04 Å². The van der Waals surface area contributed by atoms with Crippen LogP contribution in [0.5, 0.6) is 5.75 Å². The molecule has 1 aliphatic rings. The standard InChI is InChI=1S/C15H23N3O/c1-3-8-18-14(11-17-15(18)16)12-6-5-7-13(10-12)19-9-4-2/h5-7,10,14H,3-4,8-9,11H2,1-2H3,(H2,16,17). The quantitative estimate of drug-likeness (QED) is 0.856. The van der Waals surface area contributed by atoms with Gasteiger partial charge >= 0.3 is 0 Å². The molecule has 1 aromatic rings. The molecule has 1 aromatic carbocycles. The van der Waals surface area contributed by atoms with E-state index in [1.807, 2.05) is 12.1 Å². The van der Waals surface area contributed by atoms with Gasteiger partial charge in [-0.15, -0.1) is 0 Å². The lowest BCUT2D eigenvalue weighted by Crippen LogP contribution is -2.36. The van der Waals surface area contributed by atoms with Crippen molar-refractivity contribution in [1.82, 2.24) is 4.90 Å². The molecule has 2 N–H and O–H groups in total. The summed E-state index contributed by atoms with van der Waals surface area (Å²) in [5.41, 5.74) is 7.18. The molecule has 1 heterocycles. The highest BCUT2D eigenvalue weighted by atomic mass is 16.5. The van der Waals surface area contributed by atoms with Crippen molar-refractivity contribution in [1.29, 1.82) is 0 Å². The van der Waals surface area contributed by atoms with E-state index in [4.69, 9.17) is 10.5 Å². The molecular weight excluding hydrogens is 238 g/mol. The summed E-state index contributed by atoms with van der Waals surface area (Å²) < 4.78 is 5.69. The summed E-state index contributed by atoms with van der Waals surface area (Å²) in [6.45, 7) is 6.70. The molecule has 1 unspecified atom stereocenters. The Morgan fingerprint density at radius 3 is 2.95 bits per heavy atom. The maximum absolute atomic E-state index is 5.96. The Balaban J connectivity index is 2.12. The number of nitrogens with two attached hydrogens (primary N) is 1. The molecular formula is C15H23N3O. The Morgan fingerprint density at radius 2 is 2.21 bits per heavy atom. The van der Waals surface area contributed by atoms with Crippen LogP contribution < -0.4 is 10.5 Å². The first kappa shape index (κ1) is 13.7. The Morgan fingerprint density at radius 1 is 1.37 bits per heavy atom. The van der Waals surface area contributed by atoms with Gasteiger partial charge in [-0.25, -0.2) is 0 Å². The second-order valence-electron chi connectivity index (χ2n) is 4.83. The van der Waals surface area contributed by atoms with Gasteiger partial charge in [-0.1, -0.05) is 26.0 Å². The molecule has 0 amide bonds. The average molecular weight is 261 g/mol. The van der Waals surface area contributed by atoms with Crippen molar-refractivity contribution in [3.8, 4) is 5.75 Å². The predicted octanol–water partition coefficient (Wildman–Crippen LogP) is 2.56. The van der Waals surface area contributed by atoms with Crippen LogP contribution in [-0.2, 0) is 0 Å². The monoisotopic (exact) mass is 261 g/mol. The number of benzene rings is 1. The van der Waals surface area contributed by atoms with E-state index in [0.717, 1.165) is 38.3 Å². The lowest BCUT2D eigenvalue weighted by Gasteiger charge is -2.26. The summed E-state index contributed by atoms with van der Waals surface area (Å²) in [5.74, 6) is 1.59. The van der Waals surface area contributed by atoms with E-state index in [9.17, 15) is 0 Å². The molecule has 0 fully saturated rings. The number of guanidine groups is 1. The molecule has 0 spiro atoms. The SMILES string of the molecule is CCCOc1cccc(C2CN=C(N)N2CCC)c1.